The minimum atomic E-state index is 0.718. The van der Waals surface area contributed by atoms with Crippen molar-refractivity contribution in [2.45, 2.75) is 33.6 Å². The van der Waals surface area contributed by atoms with Gasteiger partial charge in [0.15, 0.2) is 0 Å². The van der Waals surface area contributed by atoms with Crippen LogP contribution < -0.4 is 0 Å². The largest absolute Gasteiger partial charge is 0.372 e. The molecule has 0 aliphatic carbocycles. The summed E-state index contributed by atoms with van der Waals surface area (Å²) in [6.07, 6.45) is 4.54. The Morgan fingerprint density at radius 2 is 2.07 bits per heavy atom. The predicted molar refractivity (Wildman–Crippen MR) is 61.3 cm³/mol. The molecular weight excluding hydrogens is 172 g/mol. The van der Waals surface area contributed by atoms with Gasteiger partial charge in [-0.3, -0.25) is 0 Å². The van der Waals surface area contributed by atoms with Gasteiger partial charge in [-0.2, -0.15) is 0 Å². The molecule has 78 valence electrons. The fourth-order valence-electron chi connectivity index (χ4n) is 1.62. The van der Waals surface area contributed by atoms with Gasteiger partial charge in [-0.1, -0.05) is 23.8 Å². The highest BCUT2D eigenvalue weighted by Crippen LogP contribution is 2.23. The topological polar surface area (TPSA) is 9.23 Å². The third-order valence-corrected chi connectivity index (χ3v) is 2.54. The predicted octanol–water partition coefficient (Wildman–Crippen LogP) is 3.64. The van der Waals surface area contributed by atoms with Gasteiger partial charge in [0.1, 0.15) is 0 Å². The zero-order valence-electron chi connectivity index (χ0n) is 9.52. The maximum atomic E-state index is 5.35. The van der Waals surface area contributed by atoms with Crippen LogP contribution in [0.4, 0.5) is 0 Å². The van der Waals surface area contributed by atoms with Crippen LogP contribution in [0.1, 0.15) is 33.6 Å². The minimum absolute atomic E-state index is 0.718. The van der Waals surface area contributed by atoms with E-state index < -0.39 is 0 Å². The second-order valence-corrected chi connectivity index (χ2v) is 4.18. The van der Waals surface area contributed by atoms with Gasteiger partial charge in [0.25, 0.3) is 0 Å². The number of allylic oxidation sites excluding steroid dienone is 3. The summed E-state index contributed by atoms with van der Waals surface area (Å²) in [7, 11) is 0. The van der Waals surface area contributed by atoms with E-state index in [1.165, 1.54) is 22.3 Å². The highest BCUT2D eigenvalue weighted by molar-refractivity contribution is 5.36. The van der Waals surface area contributed by atoms with Crippen LogP contribution in [-0.4, -0.2) is 13.2 Å². The van der Waals surface area contributed by atoms with E-state index in [2.05, 4.69) is 33.4 Å². The minimum Gasteiger partial charge on any atom is -0.372 e. The van der Waals surface area contributed by atoms with E-state index in [1.54, 1.807) is 0 Å². The fraction of sp³-hybridized carbons (Fsp3) is 0.538. The molecule has 0 radical (unpaired) electrons. The lowest BCUT2D eigenvalue weighted by atomic mass is 10.0. The van der Waals surface area contributed by atoms with E-state index in [0.29, 0.717) is 0 Å². The molecule has 0 aromatic rings. The first-order valence-electron chi connectivity index (χ1n) is 5.19. The second kappa shape index (κ2) is 5.16. The molecule has 1 heteroatoms. The molecule has 1 aliphatic heterocycles. The highest BCUT2D eigenvalue weighted by Gasteiger charge is 2.13. The average molecular weight is 192 g/mol. The van der Waals surface area contributed by atoms with Gasteiger partial charge in [0, 0.05) is 0 Å². The van der Waals surface area contributed by atoms with Crippen LogP contribution in [0, 0.1) is 0 Å². The molecule has 0 bridgehead atoms. The molecular formula is C13H20O. The molecule has 0 aromatic carbocycles. The number of hydrogen-bond acceptors (Lipinski definition) is 1. The van der Waals surface area contributed by atoms with Crippen molar-refractivity contribution in [3.63, 3.8) is 0 Å². The van der Waals surface area contributed by atoms with Gasteiger partial charge in [0.2, 0.25) is 0 Å². The lowest BCUT2D eigenvalue weighted by molar-refractivity contribution is 0.214. The summed E-state index contributed by atoms with van der Waals surface area (Å²) < 4.78 is 5.35. The summed E-state index contributed by atoms with van der Waals surface area (Å²) in [6, 6.07) is 0. The first kappa shape index (κ1) is 11.3. The average Bonchev–Trinajstić information content (AvgIpc) is 2.50. The van der Waals surface area contributed by atoms with Crippen LogP contribution >= 0.6 is 0 Å². The molecule has 0 unspecified atom stereocenters. The molecule has 0 aromatic heterocycles. The van der Waals surface area contributed by atoms with Gasteiger partial charge in [-0.15, -0.1) is 0 Å². The summed E-state index contributed by atoms with van der Waals surface area (Å²) in [5.41, 5.74) is 5.33. The van der Waals surface area contributed by atoms with Crippen LogP contribution in [0.5, 0.6) is 0 Å². The van der Waals surface area contributed by atoms with Crippen molar-refractivity contribution in [3.05, 3.63) is 34.9 Å². The highest BCUT2D eigenvalue weighted by atomic mass is 16.5. The lowest BCUT2D eigenvalue weighted by Gasteiger charge is -2.04. The Morgan fingerprint density at radius 3 is 2.57 bits per heavy atom. The van der Waals surface area contributed by atoms with Gasteiger partial charge in [0.05, 0.1) is 13.2 Å². The van der Waals surface area contributed by atoms with Crippen LogP contribution in [-0.2, 0) is 4.74 Å². The quantitative estimate of drug-likeness (QED) is 0.620. The Kier molecular flexibility index (Phi) is 4.15. The Balaban J connectivity index is 2.52. The number of rotatable bonds is 3. The zero-order valence-corrected chi connectivity index (χ0v) is 9.52. The van der Waals surface area contributed by atoms with Crippen LogP contribution in [0.15, 0.2) is 34.9 Å². The SMILES string of the molecule is C=C1COC/C1=C(\C)CCC=C(C)C. The Hall–Kier alpha value is -0.820. The van der Waals surface area contributed by atoms with Crippen molar-refractivity contribution in [1.29, 1.82) is 0 Å². The van der Waals surface area contributed by atoms with E-state index in [0.717, 1.165) is 26.1 Å². The van der Waals surface area contributed by atoms with Gasteiger partial charge >= 0.3 is 0 Å². The van der Waals surface area contributed by atoms with E-state index in [-0.39, 0.29) is 0 Å². The van der Waals surface area contributed by atoms with Crippen molar-refractivity contribution < 1.29 is 4.74 Å². The Bertz CT molecular complexity index is 278. The molecule has 0 amide bonds. The number of hydrogen-bond donors (Lipinski definition) is 0. The third-order valence-electron chi connectivity index (χ3n) is 2.54. The van der Waals surface area contributed by atoms with Crippen molar-refractivity contribution in [3.8, 4) is 0 Å². The van der Waals surface area contributed by atoms with Crippen molar-refractivity contribution in [2.75, 3.05) is 13.2 Å². The summed E-state index contributed by atoms with van der Waals surface area (Å²) in [5.74, 6) is 0. The molecule has 1 saturated heterocycles. The Labute approximate surface area is 87.2 Å². The molecule has 0 spiro atoms. The third kappa shape index (κ3) is 3.15. The smallest absolute Gasteiger partial charge is 0.0724 e. The lowest BCUT2D eigenvalue weighted by Crippen LogP contribution is -1.90. The summed E-state index contributed by atoms with van der Waals surface area (Å²) in [4.78, 5) is 0. The molecule has 0 saturated carbocycles. The van der Waals surface area contributed by atoms with Crippen LogP contribution in [0.3, 0.4) is 0 Å². The van der Waals surface area contributed by atoms with Gasteiger partial charge in [-0.25, -0.2) is 0 Å². The monoisotopic (exact) mass is 192 g/mol. The van der Waals surface area contributed by atoms with Crippen molar-refractivity contribution >= 4 is 0 Å². The summed E-state index contributed by atoms with van der Waals surface area (Å²) >= 11 is 0. The maximum absolute atomic E-state index is 5.35. The Morgan fingerprint density at radius 1 is 1.36 bits per heavy atom. The molecule has 1 rings (SSSR count). The zero-order chi connectivity index (χ0) is 10.6. The van der Waals surface area contributed by atoms with E-state index in [9.17, 15) is 0 Å². The standard InChI is InChI=1S/C13H20O/c1-10(2)6-5-7-11(3)13-9-14-8-12(13)4/h6H,4-5,7-9H2,1-3H3/b13-11-. The molecule has 0 N–H and O–H groups in total. The number of ether oxygens (including phenoxy) is 1. The maximum Gasteiger partial charge on any atom is 0.0724 e. The molecule has 0 atom stereocenters. The second-order valence-electron chi connectivity index (χ2n) is 4.18. The van der Waals surface area contributed by atoms with Crippen LogP contribution in [0.25, 0.3) is 0 Å². The van der Waals surface area contributed by atoms with E-state index >= 15 is 0 Å². The van der Waals surface area contributed by atoms with Gasteiger partial charge < -0.3 is 4.74 Å². The first-order valence-corrected chi connectivity index (χ1v) is 5.19. The van der Waals surface area contributed by atoms with E-state index in [4.69, 9.17) is 4.74 Å². The molecule has 14 heavy (non-hydrogen) atoms. The van der Waals surface area contributed by atoms with Crippen molar-refractivity contribution in [2.24, 2.45) is 0 Å². The molecule has 1 aliphatic rings. The summed E-state index contributed by atoms with van der Waals surface area (Å²) in [5, 5.41) is 0. The first-order chi connectivity index (χ1) is 6.61. The van der Waals surface area contributed by atoms with E-state index in [1.807, 2.05) is 0 Å². The molecule has 1 fully saturated rings. The summed E-state index contributed by atoms with van der Waals surface area (Å²) in [6.45, 7) is 11.9. The normalized spacial score (nSPS) is 19.8. The fourth-order valence-corrected chi connectivity index (χ4v) is 1.62. The van der Waals surface area contributed by atoms with Crippen LogP contribution in [0.2, 0.25) is 0 Å². The van der Waals surface area contributed by atoms with Gasteiger partial charge in [-0.05, 0) is 44.8 Å². The van der Waals surface area contributed by atoms with Crippen molar-refractivity contribution in [1.82, 2.24) is 0 Å². The molecule has 1 nitrogen and oxygen atoms in total. The molecule has 1 heterocycles.